The van der Waals surface area contributed by atoms with Crippen LogP contribution in [0.3, 0.4) is 0 Å². The van der Waals surface area contributed by atoms with Gasteiger partial charge in [0.25, 0.3) is 5.89 Å². The van der Waals surface area contributed by atoms with Crippen LogP contribution in [0.5, 0.6) is 0 Å². The van der Waals surface area contributed by atoms with Crippen LogP contribution in [0.4, 0.5) is 5.82 Å². The minimum absolute atomic E-state index is 0.0631. The normalized spacial score (nSPS) is 10.5. The van der Waals surface area contributed by atoms with Gasteiger partial charge in [-0.1, -0.05) is 0 Å². The number of aliphatic hydroxyl groups is 1. The van der Waals surface area contributed by atoms with Crippen LogP contribution in [0.25, 0.3) is 11.6 Å². The Hall–Kier alpha value is -1.96. The molecule has 3 N–H and O–H groups in total. The van der Waals surface area contributed by atoms with E-state index in [-0.39, 0.29) is 29.9 Å². The fourth-order valence-electron chi connectivity index (χ4n) is 0.757. The van der Waals surface area contributed by atoms with Gasteiger partial charge >= 0.3 is 0 Å². The SMILES string of the molecule is Nc1nonc1-c1nnc(CO)o1. The third-order valence-corrected chi connectivity index (χ3v) is 1.32. The highest BCUT2D eigenvalue weighted by Crippen LogP contribution is 2.19. The fourth-order valence-corrected chi connectivity index (χ4v) is 0.757. The van der Waals surface area contributed by atoms with E-state index in [1.807, 2.05) is 0 Å². The van der Waals surface area contributed by atoms with Gasteiger partial charge in [0, 0.05) is 0 Å². The van der Waals surface area contributed by atoms with E-state index in [0.717, 1.165) is 0 Å². The van der Waals surface area contributed by atoms with Crippen LogP contribution in [-0.2, 0) is 6.61 Å². The lowest BCUT2D eigenvalue weighted by Gasteiger charge is -1.84. The maximum Gasteiger partial charge on any atom is 0.273 e. The molecule has 0 aliphatic heterocycles. The lowest BCUT2D eigenvalue weighted by molar-refractivity contribution is 0.241. The summed E-state index contributed by atoms with van der Waals surface area (Å²) in [5.41, 5.74) is 5.54. The van der Waals surface area contributed by atoms with Gasteiger partial charge in [-0.3, -0.25) is 0 Å². The smallest absolute Gasteiger partial charge is 0.273 e. The summed E-state index contributed by atoms with van der Waals surface area (Å²) < 4.78 is 9.27. The molecule has 8 nitrogen and oxygen atoms in total. The van der Waals surface area contributed by atoms with Gasteiger partial charge in [-0.2, -0.15) is 0 Å². The molecule has 0 spiro atoms. The van der Waals surface area contributed by atoms with Crippen LogP contribution >= 0.6 is 0 Å². The van der Waals surface area contributed by atoms with Crippen molar-refractivity contribution in [3.05, 3.63) is 5.89 Å². The maximum atomic E-state index is 8.63. The summed E-state index contributed by atoms with van der Waals surface area (Å²) in [5.74, 6) is 0.216. The molecule has 0 amide bonds. The average Bonchev–Trinajstić information content (AvgIpc) is 2.71. The zero-order valence-electron chi connectivity index (χ0n) is 6.34. The van der Waals surface area contributed by atoms with Gasteiger partial charge in [0.2, 0.25) is 17.4 Å². The molecule has 68 valence electrons. The van der Waals surface area contributed by atoms with Crippen molar-refractivity contribution in [1.82, 2.24) is 20.5 Å². The molecule has 2 heterocycles. The number of hydrogen-bond acceptors (Lipinski definition) is 8. The Kier molecular flexibility index (Phi) is 1.67. The van der Waals surface area contributed by atoms with Crippen LogP contribution in [0.1, 0.15) is 5.89 Å². The van der Waals surface area contributed by atoms with Crippen molar-refractivity contribution in [2.75, 3.05) is 5.73 Å². The molecule has 0 radical (unpaired) electrons. The molecule has 0 saturated carbocycles. The second-order valence-electron chi connectivity index (χ2n) is 2.16. The van der Waals surface area contributed by atoms with Crippen LogP contribution in [0.2, 0.25) is 0 Å². The zero-order valence-corrected chi connectivity index (χ0v) is 6.34. The molecule has 13 heavy (non-hydrogen) atoms. The molecule has 0 aromatic carbocycles. The van der Waals surface area contributed by atoms with E-state index in [1.165, 1.54) is 0 Å². The monoisotopic (exact) mass is 183 g/mol. The molecule has 0 saturated heterocycles. The minimum atomic E-state index is -0.335. The summed E-state index contributed by atoms with van der Waals surface area (Å²) >= 11 is 0. The molecule has 0 fully saturated rings. The zero-order chi connectivity index (χ0) is 9.26. The number of hydrogen-bond donors (Lipinski definition) is 2. The molecule has 8 heteroatoms. The van der Waals surface area contributed by atoms with Gasteiger partial charge in [-0.25, -0.2) is 4.63 Å². The van der Waals surface area contributed by atoms with E-state index in [2.05, 4.69) is 25.1 Å². The molecular formula is C5H5N5O3. The van der Waals surface area contributed by atoms with Crippen LogP contribution in [0, 0.1) is 0 Å². The number of nitrogens with zero attached hydrogens (tertiary/aromatic N) is 4. The Morgan fingerprint density at radius 2 is 2.15 bits per heavy atom. The summed E-state index contributed by atoms with van der Waals surface area (Å²) in [6.45, 7) is -0.335. The Labute approximate surface area is 71.3 Å². The molecule has 0 aliphatic carbocycles. The highest BCUT2D eigenvalue weighted by atomic mass is 16.6. The highest BCUT2D eigenvalue weighted by Gasteiger charge is 2.15. The van der Waals surface area contributed by atoms with Gasteiger partial charge in [-0.05, 0) is 10.3 Å². The summed E-state index contributed by atoms with van der Waals surface area (Å²) in [6.07, 6.45) is 0. The molecule has 0 atom stereocenters. The van der Waals surface area contributed by atoms with Gasteiger partial charge in [0.15, 0.2) is 0 Å². The molecule has 0 bridgehead atoms. The maximum absolute atomic E-state index is 8.63. The number of aliphatic hydroxyl groups excluding tert-OH is 1. The third-order valence-electron chi connectivity index (χ3n) is 1.32. The summed E-state index contributed by atoms with van der Waals surface area (Å²) in [5, 5.41) is 22.5. The van der Waals surface area contributed by atoms with E-state index < -0.39 is 0 Å². The van der Waals surface area contributed by atoms with Crippen molar-refractivity contribution in [2.24, 2.45) is 0 Å². The third kappa shape index (κ3) is 1.22. The lowest BCUT2D eigenvalue weighted by Crippen LogP contribution is -1.88. The topological polar surface area (TPSA) is 124 Å². The number of aromatic nitrogens is 4. The van der Waals surface area contributed by atoms with Crippen LogP contribution in [-0.4, -0.2) is 25.6 Å². The first kappa shape index (κ1) is 7.68. The number of nitrogens with two attached hydrogens (primary N) is 1. The quantitative estimate of drug-likeness (QED) is 0.619. The van der Waals surface area contributed by atoms with Gasteiger partial charge < -0.3 is 15.3 Å². The first-order valence-electron chi connectivity index (χ1n) is 3.33. The Morgan fingerprint density at radius 3 is 2.69 bits per heavy atom. The molecule has 0 unspecified atom stereocenters. The predicted molar refractivity (Wildman–Crippen MR) is 37.9 cm³/mol. The van der Waals surface area contributed by atoms with Crippen LogP contribution < -0.4 is 5.73 Å². The van der Waals surface area contributed by atoms with Gasteiger partial charge in [0.05, 0.1) is 0 Å². The van der Waals surface area contributed by atoms with E-state index in [1.54, 1.807) is 0 Å². The van der Waals surface area contributed by atoms with E-state index >= 15 is 0 Å². The predicted octanol–water partition coefficient (Wildman–Crippen LogP) is -0.806. The summed E-state index contributed by atoms with van der Waals surface area (Å²) in [4.78, 5) is 0. The van der Waals surface area contributed by atoms with Crippen LogP contribution in [0.15, 0.2) is 9.05 Å². The Bertz CT molecular complexity index is 408. The van der Waals surface area contributed by atoms with Crippen molar-refractivity contribution >= 4 is 5.82 Å². The minimum Gasteiger partial charge on any atom is -0.417 e. The second-order valence-corrected chi connectivity index (χ2v) is 2.16. The van der Waals surface area contributed by atoms with E-state index in [9.17, 15) is 0 Å². The number of nitrogen functional groups attached to an aromatic ring is 1. The first-order chi connectivity index (χ1) is 6.31. The molecule has 2 aromatic heterocycles. The highest BCUT2D eigenvalue weighted by molar-refractivity contribution is 5.59. The lowest BCUT2D eigenvalue weighted by atomic mass is 10.4. The molecule has 2 rings (SSSR count). The standard InChI is InChI=1S/C5H5N5O3/c6-4-3(9-13-10-4)5-8-7-2(1-11)12-5/h11H,1H2,(H2,6,10). The Balaban J connectivity index is 2.41. The van der Waals surface area contributed by atoms with Crippen molar-refractivity contribution in [3.63, 3.8) is 0 Å². The number of rotatable bonds is 2. The fraction of sp³-hybridized carbons (Fsp3) is 0.200. The first-order valence-corrected chi connectivity index (χ1v) is 3.33. The van der Waals surface area contributed by atoms with Crippen molar-refractivity contribution in [2.45, 2.75) is 6.61 Å². The Morgan fingerprint density at radius 1 is 1.31 bits per heavy atom. The van der Waals surface area contributed by atoms with Crippen molar-refractivity contribution < 1.29 is 14.2 Å². The van der Waals surface area contributed by atoms with E-state index in [4.69, 9.17) is 15.3 Å². The second kappa shape index (κ2) is 2.83. The van der Waals surface area contributed by atoms with Crippen molar-refractivity contribution in [1.29, 1.82) is 0 Å². The summed E-state index contributed by atoms with van der Waals surface area (Å²) in [6, 6.07) is 0. The number of anilines is 1. The average molecular weight is 183 g/mol. The van der Waals surface area contributed by atoms with E-state index in [0.29, 0.717) is 0 Å². The molecule has 0 aliphatic rings. The largest absolute Gasteiger partial charge is 0.417 e. The van der Waals surface area contributed by atoms with Gasteiger partial charge in [0.1, 0.15) is 6.61 Å². The molecule has 2 aromatic rings. The van der Waals surface area contributed by atoms with Gasteiger partial charge in [-0.15, -0.1) is 10.2 Å². The van der Waals surface area contributed by atoms with Crippen molar-refractivity contribution in [3.8, 4) is 11.6 Å². The summed E-state index contributed by atoms with van der Waals surface area (Å²) in [7, 11) is 0. The molecular weight excluding hydrogens is 178 g/mol.